The van der Waals surface area contributed by atoms with Gasteiger partial charge in [0.05, 0.1) is 10.5 Å². The molecule has 2 bridgehead atoms. The fourth-order valence-electron chi connectivity index (χ4n) is 3.69. The number of carbonyl (C=O) groups excluding carboxylic acids is 1. The highest BCUT2D eigenvalue weighted by atomic mass is 79.9. The van der Waals surface area contributed by atoms with Gasteiger partial charge in [-0.05, 0) is 54.4 Å². The van der Waals surface area contributed by atoms with Crippen LogP contribution in [0, 0.1) is 11.6 Å². The highest BCUT2D eigenvalue weighted by molar-refractivity contribution is 9.10. The number of halogens is 4. The van der Waals surface area contributed by atoms with Crippen LogP contribution in [0.15, 0.2) is 21.8 Å². The number of fused-ring (bicyclic) bond motifs is 2. The van der Waals surface area contributed by atoms with Crippen LogP contribution in [0.1, 0.15) is 39.2 Å². The lowest BCUT2D eigenvalue weighted by molar-refractivity contribution is -0.0484. The van der Waals surface area contributed by atoms with Crippen molar-refractivity contribution in [3.05, 3.63) is 33.8 Å². The highest BCUT2D eigenvalue weighted by Crippen LogP contribution is 2.48. The van der Waals surface area contributed by atoms with Crippen molar-refractivity contribution in [1.82, 2.24) is 4.90 Å². The Hall–Kier alpha value is -1.77. The summed E-state index contributed by atoms with van der Waals surface area (Å²) in [5.41, 5.74) is -2.98. The third-order valence-electron chi connectivity index (χ3n) is 4.82. The van der Waals surface area contributed by atoms with Gasteiger partial charge in [0.25, 0.3) is 0 Å². The zero-order chi connectivity index (χ0) is 20.1. The van der Waals surface area contributed by atoms with Gasteiger partial charge in [0.2, 0.25) is 0 Å². The predicted octanol–water partition coefficient (Wildman–Crippen LogP) is 4.59. The summed E-state index contributed by atoms with van der Waals surface area (Å²) < 4.78 is 48.4. The van der Waals surface area contributed by atoms with Gasteiger partial charge in [-0.15, -0.1) is 0 Å². The summed E-state index contributed by atoms with van der Waals surface area (Å²) in [6, 6.07) is 0.416. The molecule has 1 saturated carbocycles. The Morgan fingerprint density at radius 2 is 2.04 bits per heavy atom. The average Bonchev–Trinajstić information content (AvgIpc) is 2.49. The number of nitrogens with zero attached hydrogens (tertiary/aromatic N) is 2. The number of amides is 1. The smallest absolute Gasteiger partial charge is 0.411 e. The van der Waals surface area contributed by atoms with Crippen molar-refractivity contribution in [3.8, 4) is 0 Å². The third-order valence-corrected chi connectivity index (χ3v) is 5.39. The van der Waals surface area contributed by atoms with E-state index in [1.54, 1.807) is 20.8 Å². The summed E-state index contributed by atoms with van der Waals surface area (Å²) in [7, 11) is 0. The molecule has 5 nitrogen and oxygen atoms in total. The van der Waals surface area contributed by atoms with E-state index in [2.05, 4.69) is 21.1 Å². The van der Waals surface area contributed by atoms with Crippen LogP contribution < -0.4 is 0 Å². The zero-order valence-corrected chi connectivity index (χ0v) is 16.7. The van der Waals surface area contributed by atoms with Gasteiger partial charge in [0.1, 0.15) is 22.9 Å². The molecular formula is C18H20BrF3N2O3. The van der Waals surface area contributed by atoms with Crippen molar-refractivity contribution in [2.75, 3.05) is 0 Å². The molecule has 4 rings (SSSR count). The molecule has 1 aliphatic carbocycles. The summed E-state index contributed by atoms with van der Waals surface area (Å²) in [6.07, 6.45) is -0.992. The molecule has 148 valence electrons. The van der Waals surface area contributed by atoms with E-state index >= 15 is 0 Å². The minimum atomic E-state index is -1.86. The molecule has 0 radical (unpaired) electrons. The maximum absolute atomic E-state index is 14.9. The van der Waals surface area contributed by atoms with Crippen molar-refractivity contribution in [2.45, 2.75) is 63.4 Å². The van der Waals surface area contributed by atoms with Crippen LogP contribution in [-0.2, 0) is 11.2 Å². The molecule has 1 aromatic carbocycles. The van der Waals surface area contributed by atoms with Gasteiger partial charge in [-0.2, -0.15) is 0 Å². The molecule has 27 heavy (non-hydrogen) atoms. The topological polar surface area (TPSA) is 62.1 Å². The van der Waals surface area contributed by atoms with Gasteiger partial charge in [0, 0.05) is 25.3 Å². The lowest BCUT2D eigenvalue weighted by Gasteiger charge is -2.56. The van der Waals surface area contributed by atoms with Crippen LogP contribution in [0.25, 0.3) is 0 Å². The normalized spacial score (nSPS) is 28.9. The molecule has 1 N–H and O–H groups in total. The minimum absolute atomic E-state index is 0.0164. The first-order chi connectivity index (χ1) is 12.4. The van der Waals surface area contributed by atoms with Crippen LogP contribution in [0.3, 0.4) is 0 Å². The fourth-order valence-corrected chi connectivity index (χ4v) is 4.16. The van der Waals surface area contributed by atoms with Crippen molar-refractivity contribution in [2.24, 2.45) is 5.16 Å². The molecule has 9 heteroatoms. The maximum Gasteiger partial charge on any atom is 0.411 e. The van der Waals surface area contributed by atoms with Crippen molar-refractivity contribution in [3.63, 3.8) is 0 Å². The first kappa shape index (κ1) is 20.0. The first-order valence-electron chi connectivity index (χ1n) is 8.51. The standard InChI is InChI=1S/C18H20BrF3N2O3/c1-17(2,3)27-16(25)24-11-7-18(22,8-11)15(23-26)13(24)5-9-4-10(20)6-12(19)14(9)21/h4,6,11,13,26H,5,7-8H2,1-3H3. The Morgan fingerprint density at radius 3 is 2.59 bits per heavy atom. The van der Waals surface area contributed by atoms with E-state index in [-0.39, 0.29) is 35.0 Å². The maximum atomic E-state index is 14.9. The zero-order valence-electron chi connectivity index (χ0n) is 15.1. The lowest BCUT2D eigenvalue weighted by atomic mass is 9.66. The van der Waals surface area contributed by atoms with Gasteiger partial charge >= 0.3 is 6.09 Å². The SMILES string of the molecule is CC(C)(C)OC(=O)N1C2CC(F)(C2)C(=NO)C1Cc1cc(F)cc(Br)c1F. The number of ether oxygens (including phenoxy) is 1. The van der Waals surface area contributed by atoms with E-state index < -0.39 is 41.1 Å². The number of piperidine rings is 2. The molecule has 2 aliphatic heterocycles. The molecule has 3 fully saturated rings. The van der Waals surface area contributed by atoms with E-state index in [9.17, 15) is 23.2 Å². The van der Waals surface area contributed by atoms with Gasteiger partial charge in [-0.3, -0.25) is 4.90 Å². The number of oxime groups is 1. The van der Waals surface area contributed by atoms with Gasteiger partial charge in [-0.1, -0.05) is 5.16 Å². The molecule has 1 unspecified atom stereocenters. The third kappa shape index (κ3) is 3.66. The molecule has 3 aliphatic rings. The number of hydrogen-bond acceptors (Lipinski definition) is 4. The van der Waals surface area contributed by atoms with Crippen LogP contribution in [0.2, 0.25) is 0 Å². The quantitative estimate of drug-likeness (QED) is 0.408. The van der Waals surface area contributed by atoms with Gasteiger partial charge in [0.15, 0.2) is 5.67 Å². The van der Waals surface area contributed by atoms with E-state index in [4.69, 9.17) is 4.74 Å². The number of benzene rings is 1. The first-order valence-corrected chi connectivity index (χ1v) is 9.30. The number of hydrogen-bond donors (Lipinski definition) is 1. The molecule has 1 amide bonds. The van der Waals surface area contributed by atoms with Crippen LogP contribution in [0.5, 0.6) is 0 Å². The molecule has 2 saturated heterocycles. The number of carbonyl (C=O) groups is 1. The van der Waals surface area contributed by atoms with Crippen LogP contribution in [0.4, 0.5) is 18.0 Å². The molecule has 0 aromatic heterocycles. The summed E-state index contributed by atoms with van der Waals surface area (Å²) in [5, 5.41) is 12.5. The second kappa shape index (κ2) is 6.68. The monoisotopic (exact) mass is 448 g/mol. The predicted molar refractivity (Wildman–Crippen MR) is 95.7 cm³/mol. The summed E-state index contributed by atoms with van der Waals surface area (Å²) >= 11 is 2.93. The molecule has 2 heterocycles. The van der Waals surface area contributed by atoms with Crippen molar-refractivity contribution >= 4 is 27.7 Å². The van der Waals surface area contributed by atoms with Crippen molar-refractivity contribution in [1.29, 1.82) is 0 Å². The van der Waals surface area contributed by atoms with Crippen LogP contribution >= 0.6 is 15.9 Å². The van der Waals surface area contributed by atoms with E-state index in [1.807, 2.05) is 0 Å². The Balaban J connectivity index is 1.98. The van der Waals surface area contributed by atoms with E-state index in [0.717, 1.165) is 12.1 Å². The van der Waals surface area contributed by atoms with Gasteiger partial charge < -0.3 is 9.94 Å². The largest absolute Gasteiger partial charge is 0.444 e. The van der Waals surface area contributed by atoms with Gasteiger partial charge in [-0.25, -0.2) is 18.0 Å². The lowest BCUT2D eigenvalue weighted by Crippen LogP contribution is -2.72. The summed E-state index contributed by atoms with van der Waals surface area (Å²) in [5.74, 6) is -1.40. The summed E-state index contributed by atoms with van der Waals surface area (Å²) in [6.45, 7) is 5.07. The Kier molecular flexibility index (Phi) is 4.95. The fraction of sp³-hybridized carbons (Fsp3) is 0.556. The number of alkyl halides is 1. The molecule has 1 aromatic rings. The van der Waals surface area contributed by atoms with E-state index in [1.165, 1.54) is 4.90 Å². The molecule has 0 spiro atoms. The Morgan fingerprint density at radius 1 is 1.41 bits per heavy atom. The molecule has 1 atom stereocenters. The van der Waals surface area contributed by atoms with E-state index in [0.29, 0.717) is 0 Å². The minimum Gasteiger partial charge on any atom is -0.444 e. The van der Waals surface area contributed by atoms with Crippen LogP contribution in [-0.4, -0.2) is 45.3 Å². The Bertz CT molecular complexity index is 804. The Labute approximate surface area is 163 Å². The molecular weight excluding hydrogens is 429 g/mol. The number of rotatable bonds is 2. The average molecular weight is 449 g/mol. The highest BCUT2D eigenvalue weighted by Gasteiger charge is 2.62. The second-order valence-electron chi connectivity index (χ2n) is 7.98. The second-order valence-corrected chi connectivity index (χ2v) is 8.84. The van der Waals surface area contributed by atoms with Crippen molar-refractivity contribution < 1.29 is 27.9 Å². The summed E-state index contributed by atoms with van der Waals surface area (Å²) in [4.78, 5) is 14.0.